The zero-order valence-electron chi connectivity index (χ0n) is 11.1. The van der Waals surface area contributed by atoms with Crippen molar-refractivity contribution < 1.29 is 9.18 Å². The lowest BCUT2D eigenvalue weighted by atomic mass is 10.0. The highest BCUT2D eigenvalue weighted by molar-refractivity contribution is 6.04. The second-order valence-corrected chi connectivity index (χ2v) is 5.07. The largest absolute Gasteiger partial charge is 0.369 e. The molecule has 4 nitrogen and oxygen atoms in total. The van der Waals surface area contributed by atoms with Crippen LogP contribution in [-0.4, -0.2) is 23.8 Å². The Bertz CT molecular complexity index is 667. The van der Waals surface area contributed by atoms with Crippen LogP contribution in [0.2, 0.25) is 0 Å². The lowest BCUT2D eigenvalue weighted by Crippen LogP contribution is -2.34. The lowest BCUT2D eigenvalue weighted by molar-refractivity contribution is -0.126. The number of benzene rings is 1. The molecule has 0 bridgehead atoms. The van der Waals surface area contributed by atoms with E-state index >= 15 is 0 Å². The Morgan fingerprint density at radius 2 is 2.20 bits per heavy atom. The number of aliphatic imine (C=N–C) groups is 1. The molecule has 0 radical (unpaired) electrons. The predicted molar refractivity (Wildman–Crippen MR) is 73.1 cm³/mol. The van der Waals surface area contributed by atoms with Gasteiger partial charge in [0.2, 0.25) is 0 Å². The molecule has 5 heteroatoms. The summed E-state index contributed by atoms with van der Waals surface area (Å²) in [5.41, 5.74) is 6.55. The van der Waals surface area contributed by atoms with Crippen LogP contribution in [0.5, 0.6) is 0 Å². The van der Waals surface area contributed by atoms with Crippen molar-refractivity contribution in [2.75, 3.05) is 7.05 Å². The molecule has 1 aromatic rings. The molecule has 1 aromatic carbocycles. The first kappa shape index (κ1) is 12.7. The third-order valence-corrected chi connectivity index (χ3v) is 3.46. The van der Waals surface area contributed by atoms with Crippen molar-refractivity contribution >= 4 is 11.9 Å². The van der Waals surface area contributed by atoms with Crippen molar-refractivity contribution in [3.05, 3.63) is 35.1 Å². The zero-order chi connectivity index (χ0) is 14.3. The number of halogens is 1. The monoisotopic (exact) mass is 271 g/mol. The average Bonchev–Trinajstić information content (AvgIpc) is 3.22. The van der Waals surface area contributed by atoms with Gasteiger partial charge in [-0.05, 0) is 30.5 Å². The minimum atomic E-state index is -0.693. The fourth-order valence-electron chi connectivity index (χ4n) is 2.00. The molecule has 1 aliphatic carbocycles. The summed E-state index contributed by atoms with van der Waals surface area (Å²) in [4.78, 5) is 17.4. The second kappa shape index (κ2) is 4.64. The van der Waals surface area contributed by atoms with E-state index in [0.717, 1.165) is 12.8 Å². The van der Waals surface area contributed by atoms with Crippen LogP contribution in [0.3, 0.4) is 0 Å². The Kier molecular flexibility index (Phi) is 2.94. The van der Waals surface area contributed by atoms with Gasteiger partial charge in [-0.3, -0.25) is 9.69 Å². The topological polar surface area (TPSA) is 58.7 Å². The minimum absolute atomic E-state index is 0.176. The number of hydrogen-bond donors (Lipinski definition) is 1. The van der Waals surface area contributed by atoms with E-state index in [1.165, 1.54) is 11.0 Å². The summed E-state index contributed by atoms with van der Waals surface area (Å²) in [7, 11) is 1.57. The van der Waals surface area contributed by atoms with Crippen molar-refractivity contribution in [2.24, 2.45) is 16.6 Å². The van der Waals surface area contributed by atoms with Crippen LogP contribution in [-0.2, 0) is 4.79 Å². The van der Waals surface area contributed by atoms with Gasteiger partial charge < -0.3 is 5.73 Å². The molecular formula is C15H14FN3O. The number of carbonyl (C=O) groups excluding carboxylic acids is 1. The molecule has 0 spiro atoms. The molecule has 1 saturated carbocycles. The van der Waals surface area contributed by atoms with E-state index in [1.807, 2.05) is 0 Å². The van der Waals surface area contributed by atoms with Crippen molar-refractivity contribution in [3.8, 4) is 11.8 Å². The third-order valence-electron chi connectivity index (χ3n) is 3.46. The van der Waals surface area contributed by atoms with Crippen LogP contribution >= 0.6 is 0 Å². The number of nitrogens with zero attached hydrogens (tertiary/aromatic N) is 2. The Labute approximate surface area is 116 Å². The van der Waals surface area contributed by atoms with Gasteiger partial charge in [0.15, 0.2) is 12.0 Å². The van der Waals surface area contributed by atoms with Gasteiger partial charge in [-0.15, -0.1) is 0 Å². The Hall–Kier alpha value is -2.35. The number of amides is 1. The van der Waals surface area contributed by atoms with E-state index in [0.29, 0.717) is 17.0 Å². The van der Waals surface area contributed by atoms with Gasteiger partial charge in [0.25, 0.3) is 5.91 Å². The molecule has 1 heterocycles. The average molecular weight is 271 g/mol. The van der Waals surface area contributed by atoms with E-state index < -0.39 is 6.04 Å². The maximum Gasteiger partial charge on any atom is 0.258 e. The first-order chi connectivity index (χ1) is 9.56. The molecule has 0 unspecified atom stereocenters. The van der Waals surface area contributed by atoms with Gasteiger partial charge in [-0.1, -0.05) is 17.9 Å². The van der Waals surface area contributed by atoms with E-state index in [9.17, 15) is 9.18 Å². The van der Waals surface area contributed by atoms with Crippen molar-refractivity contribution in [3.63, 3.8) is 0 Å². The molecule has 2 aliphatic rings. The number of likely N-dealkylation sites (N-methyl/N-ethyl adjacent to an activating group) is 1. The summed E-state index contributed by atoms with van der Waals surface area (Å²) >= 11 is 0. The maximum atomic E-state index is 13.7. The highest BCUT2D eigenvalue weighted by Gasteiger charge is 2.32. The fraction of sp³-hybridized carbons (Fsp3) is 0.333. The van der Waals surface area contributed by atoms with Crippen LogP contribution in [0.25, 0.3) is 0 Å². The molecule has 1 aliphatic heterocycles. The molecule has 0 aromatic heterocycles. The van der Waals surface area contributed by atoms with Crippen molar-refractivity contribution in [1.29, 1.82) is 0 Å². The van der Waals surface area contributed by atoms with Gasteiger partial charge in [-0.25, -0.2) is 9.38 Å². The minimum Gasteiger partial charge on any atom is -0.369 e. The van der Waals surface area contributed by atoms with Gasteiger partial charge in [0, 0.05) is 13.0 Å². The van der Waals surface area contributed by atoms with Crippen molar-refractivity contribution in [2.45, 2.75) is 18.9 Å². The van der Waals surface area contributed by atoms with E-state index in [4.69, 9.17) is 5.73 Å². The van der Waals surface area contributed by atoms with Gasteiger partial charge >= 0.3 is 0 Å². The highest BCUT2D eigenvalue weighted by atomic mass is 19.1. The van der Waals surface area contributed by atoms with E-state index in [1.54, 1.807) is 19.2 Å². The molecule has 1 fully saturated rings. The molecule has 102 valence electrons. The smallest absolute Gasteiger partial charge is 0.258 e. The molecule has 2 N–H and O–H groups in total. The Morgan fingerprint density at radius 3 is 2.80 bits per heavy atom. The fourth-order valence-corrected chi connectivity index (χ4v) is 2.00. The van der Waals surface area contributed by atoms with Gasteiger partial charge in [0.1, 0.15) is 5.82 Å². The van der Waals surface area contributed by atoms with Gasteiger partial charge in [-0.2, -0.15) is 0 Å². The molecule has 20 heavy (non-hydrogen) atoms. The van der Waals surface area contributed by atoms with Crippen LogP contribution in [0.1, 0.15) is 30.0 Å². The standard InChI is InChI=1S/C15H14FN3O/c1-19-14(20)13(18-15(19)17)11-6-7-12(16)10(8-11)5-4-9-2-3-9/h6-9,13H,2-3H2,1H3,(H2,17,18)/t13-/m1/s1. The first-order valence-electron chi connectivity index (χ1n) is 6.48. The Morgan fingerprint density at radius 1 is 1.45 bits per heavy atom. The lowest BCUT2D eigenvalue weighted by Gasteiger charge is -2.10. The van der Waals surface area contributed by atoms with Crippen LogP contribution < -0.4 is 5.73 Å². The molecule has 3 rings (SSSR count). The number of hydrogen-bond acceptors (Lipinski definition) is 3. The van der Waals surface area contributed by atoms with Crippen LogP contribution in [0, 0.1) is 23.6 Å². The number of guanidine groups is 1. The number of rotatable bonds is 1. The van der Waals surface area contributed by atoms with Crippen LogP contribution in [0.15, 0.2) is 23.2 Å². The van der Waals surface area contributed by atoms with E-state index in [-0.39, 0.29) is 17.7 Å². The quantitative estimate of drug-likeness (QED) is 0.785. The van der Waals surface area contributed by atoms with Crippen molar-refractivity contribution in [1.82, 2.24) is 4.90 Å². The normalized spacial score (nSPS) is 21.5. The molecule has 1 atom stereocenters. The maximum absolute atomic E-state index is 13.7. The zero-order valence-corrected chi connectivity index (χ0v) is 11.1. The first-order valence-corrected chi connectivity index (χ1v) is 6.48. The predicted octanol–water partition coefficient (Wildman–Crippen LogP) is 1.42. The summed E-state index contributed by atoms with van der Waals surface area (Å²) in [5, 5.41) is 0. The molecular weight excluding hydrogens is 257 g/mol. The molecule has 0 saturated heterocycles. The number of carbonyl (C=O) groups is 1. The Balaban J connectivity index is 1.93. The summed E-state index contributed by atoms with van der Waals surface area (Å²) in [6, 6.07) is 3.77. The number of nitrogens with two attached hydrogens (primary N) is 1. The van der Waals surface area contributed by atoms with E-state index in [2.05, 4.69) is 16.8 Å². The summed E-state index contributed by atoms with van der Waals surface area (Å²) < 4.78 is 13.7. The molecule has 1 amide bonds. The SMILES string of the molecule is CN1C(=O)[C@@H](c2ccc(F)c(C#CC3CC3)c2)N=C1N. The third kappa shape index (κ3) is 2.25. The van der Waals surface area contributed by atoms with Crippen LogP contribution in [0.4, 0.5) is 4.39 Å². The second-order valence-electron chi connectivity index (χ2n) is 5.07. The van der Waals surface area contributed by atoms with Gasteiger partial charge in [0.05, 0.1) is 5.56 Å². The summed E-state index contributed by atoms with van der Waals surface area (Å²) in [6.07, 6.45) is 2.17. The summed E-state index contributed by atoms with van der Waals surface area (Å²) in [6.45, 7) is 0. The summed E-state index contributed by atoms with van der Waals surface area (Å²) in [5.74, 6) is 5.84. The highest BCUT2D eigenvalue weighted by Crippen LogP contribution is 2.28.